The van der Waals surface area contributed by atoms with E-state index in [2.05, 4.69) is 21.2 Å². The molecule has 0 spiro atoms. The number of hydrogen-bond acceptors (Lipinski definition) is 2. The minimum Gasteiger partial charge on any atom is -0.497 e. The summed E-state index contributed by atoms with van der Waals surface area (Å²) >= 11 is 3.02. The van der Waals surface area contributed by atoms with Gasteiger partial charge in [-0.15, -0.1) is 0 Å². The number of carbonyl (C=O) groups excluding carboxylic acids is 1. The van der Waals surface area contributed by atoms with Crippen molar-refractivity contribution < 1.29 is 9.53 Å². The van der Waals surface area contributed by atoms with E-state index in [1.54, 1.807) is 31.4 Å². The molecule has 0 aliphatic rings. The Labute approximate surface area is 90.9 Å². The van der Waals surface area contributed by atoms with Gasteiger partial charge in [0.15, 0.2) is 0 Å². The number of hydrogen-bond donors (Lipinski definition) is 1. The van der Waals surface area contributed by atoms with Crippen molar-refractivity contribution in [2.24, 2.45) is 0 Å². The summed E-state index contributed by atoms with van der Waals surface area (Å²) in [5, 5.41) is 2.68. The van der Waals surface area contributed by atoms with E-state index in [1.165, 1.54) is 11.1 Å². The Hall–Kier alpha value is -1.29. The summed E-state index contributed by atoms with van der Waals surface area (Å²) in [5.41, 5.74) is 0.737. The van der Waals surface area contributed by atoms with E-state index in [0.29, 0.717) is 0 Å². The first kappa shape index (κ1) is 10.8. The van der Waals surface area contributed by atoms with E-state index in [9.17, 15) is 4.79 Å². The third kappa shape index (κ3) is 3.22. The second-order valence-corrected chi connectivity index (χ2v) is 3.04. The average Bonchev–Trinajstić information content (AvgIpc) is 2.19. The maximum atomic E-state index is 11.1. The smallest absolute Gasteiger partial charge is 0.248 e. The minimum absolute atomic E-state index is 0.174. The highest BCUT2D eigenvalue weighted by Gasteiger charge is 1.97. The quantitative estimate of drug-likeness (QED) is 0.844. The minimum atomic E-state index is -0.174. The van der Waals surface area contributed by atoms with Crippen LogP contribution in [-0.4, -0.2) is 13.0 Å². The molecule has 0 bridgehead atoms. The van der Waals surface area contributed by atoms with Gasteiger partial charge in [-0.1, -0.05) is 15.9 Å². The summed E-state index contributed by atoms with van der Waals surface area (Å²) in [6.45, 7) is 0. The lowest BCUT2D eigenvalue weighted by Gasteiger charge is -2.03. The first-order chi connectivity index (χ1) is 6.76. The molecular weight excluding hydrogens is 246 g/mol. The Balaban J connectivity index is 2.64. The number of anilines is 1. The monoisotopic (exact) mass is 255 g/mol. The fraction of sp³-hybridized carbons (Fsp3) is 0.100. The Kier molecular flexibility index (Phi) is 4.19. The zero-order valence-electron chi connectivity index (χ0n) is 7.66. The molecule has 0 radical (unpaired) electrons. The molecule has 1 N–H and O–H groups in total. The molecule has 14 heavy (non-hydrogen) atoms. The van der Waals surface area contributed by atoms with Crippen molar-refractivity contribution in [1.29, 1.82) is 0 Å². The predicted molar refractivity (Wildman–Crippen MR) is 59.7 cm³/mol. The van der Waals surface area contributed by atoms with E-state index < -0.39 is 0 Å². The van der Waals surface area contributed by atoms with Crippen molar-refractivity contribution in [3.63, 3.8) is 0 Å². The lowest BCUT2D eigenvalue weighted by atomic mass is 10.3. The second kappa shape index (κ2) is 5.44. The molecule has 0 atom stereocenters. The predicted octanol–water partition coefficient (Wildman–Crippen LogP) is 2.54. The fourth-order valence-electron chi connectivity index (χ4n) is 0.915. The van der Waals surface area contributed by atoms with Crippen LogP contribution < -0.4 is 10.1 Å². The van der Waals surface area contributed by atoms with Crippen LogP contribution in [0.15, 0.2) is 35.3 Å². The molecule has 0 aliphatic carbocycles. The van der Waals surface area contributed by atoms with Crippen LogP contribution >= 0.6 is 15.9 Å². The van der Waals surface area contributed by atoms with Gasteiger partial charge in [-0.05, 0) is 29.3 Å². The number of ether oxygens (including phenoxy) is 1. The van der Waals surface area contributed by atoms with Crippen molar-refractivity contribution in [2.45, 2.75) is 0 Å². The number of nitrogens with one attached hydrogen (secondary N) is 1. The summed E-state index contributed by atoms with van der Waals surface area (Å²) in [6, 6.07) is 7.12. The number of halogens is 1. The molecule has 1 rings (SSSR count). The maximum Gasteiger partial charge on any atom is 0.248 e. The van der Waals surface area contributed by atoms with Crippen LogP contribution in [0.3, 0.4) is 0 Å². The Morgan fingerprint density at radius 2 is 2.07 bits per heavy atom. The normalized spacial score (nSPS) is 10.1. The molecule has 0 saturated carbocycles. The van der Waals surface area contributed by atoms with E-state index in [-0.39, 0.29) is 5.91 Å². The molecule has 0 saturated heterocycles. The van der Waals surface area contributed by atoms with Crippen molar-refractivity contribution in [3.8, 4) is 5.75 Å². The molecule has 1 aromatic carbocycles. The molecule has 4 heteroatoms. The number of amides is 1. The largest absolute Gasteiger partial charge is 0.497 e. The first-order valence-electron chi connectivity index (χ1n) is 3.98. The summed E-state index contributed by atoms with van der Waals surface area (Å²) < 4.78 is 4.99. The van der Waals surface area contributed by atoms with E-state index >= 15 is 0 Å². The van der Waals surface area contributed by atoms with Gasteiger partial charge in [0.05, 0.1) is 7.11 Å². The van der Waals surface area contributed by atoms with Gasteiger partial charge in [0.1, 0.15) is 5.75 Å². The van der Waals surface area contributed by atoms with Crippen molar-refractivity contribution in [1.82, 2.24) is 0 Å². The van der Waals surface area contributed by atoms with Crippen LogP contribution in [-0.2, 0) is 4.79 Å². The van der Waals surface area contributed by atoms with E-state index in [0.717, 1.165) is 11.4 Å². The highest BCUT2D eigenvalue weighted by atomic mass is 79.9. The summed E-state index contributed by atoms with van der Waals surface area (Å²) in [7, 11) is 1.60. The van der Waals surface area contributed by atoms with Crippen molar-refractivity contribution in [3.05, 3.63) is 35.3 Å². The van der Waals surface area contributed by atoms with Gasteiger partial charge >= 0.3 is 0 Å². The summed E-state index contributed by atoms with van der Waals surface area (Å²) in [5.74, 6) is 0.589. The van der Waals surface area contributed by atoms with Gasteiger partial charge in [-0.25, -0.2) is 0 Å². The van der Waals surface area contributed by atoms with Crippen molar-refractivity contribution in [2.75, 3.05) is 12.4 Å². The standard InChI is InChI=1S/C10H10BrNO2/c1-14-9-4-2-8(3-5-9)12-10(13)6-7-11/h2-7H,1H3,(H,12,13). The Morgan fingerprint density at radius 1 is 1.43 bits per heavy atom. The molecular formula is C10H10BrNO2. The molecule has 1 amide bonds. The Bertz CT molecular complexity index is 332. The number of methoxy groups -OCH3 is 1. The molecule has 0 unspecified atom stereocenters. The molecule has 0 aliphatic heterocycles. The van der Waals surface area contributed by atoms with Gasteiger partial charge in [0, 0.05) is 11.8 Å². The molecule has 0 aromatic heterocycles. The lowest BCUT2D eigenvalue weighted by Crippen LogP contribution is -2.07. The van der Waals surface area contributed by atoms with Crippen LogP contribution in [0.4, 0.5) is 5.69 Å². The SMILES string of the molecule is COc1ccc(NC(=O)C=CBr)cc1. The maximum absolute atomic E-state index is 11.1. The third-order valence-electron chi connectivity index (χ3n) is 1.57. The molecule has 74 valence electrons. The summed E-state index contributed by atoms with van der Waals surface area (Å²) in [6.07, 6.45) is 1.39. The van der Waals surface area contributed by atoms with Gasteiger partial charge in [0.25, 0.3) is 0 Å². The first-order valence-corrected chi connectivity index (χ1v) is 4.89. The van der Waals surface area contributed by atoms with Crippen molar-refractivity contribution >= 4 is 27.5 Å². The topological polar surface area (TPSA) is 38.3 Å². The fourth-order valence-corrected chi connectivity index (χ4v) is 1.16. The van der Waals surface area contributed by atoms with Crippen LogP contribution in [0.1, 0.15) is 0 Å². The molecule has 1 aromatic rings. The number of rotatable bonds is 3. The average molecular weight is 256 g/mol. The zero-order chi connectivity index (χ0) is 10.4. The lowest BCUT2D eigenvalue weighted by molar-refractivity contribution is -0.111. The van der Waals surface area contributed by atoms with Crippen LogP contribution in [0.2, 0.25) is 0 Å². The molecule has 0 fully saturated rings. The van der Waals surface area contributed by atoms with E-state index in [1.807, 2.05) is 0 Å². The molecule has 0 heterocycles. The van der Waals surface area contributed by atoms with Gasteiger partial charge < -0.3 is 10.1 Å². The van der Waals surface area contributed by atoms with Gasteiger partial charge in [-0.2, -0.15) is 0 Å². The number of benzene rings is 1. The summed E-state index contributed by atoms with van der Waals surface area (Å²) in [4.78, 5) is 12.6. The van der Waals surface area contributed by atoms with Crippen LogP contribution in [0.5, 0.6) is 5.75 Å². The van der Waals surface area contributed by atoms with E-state index in [4.69, 9.17) is 4.74 Å². The zero-order valence-corrected chi connectivity index (χ0v) is 9.24. The van der Waals surface area contributed by atoms with Gasteiger partial charge in [-0.3, -0.25) is 4.79 Å². The van der Waals surface area contributed by atoms with Crippen LogP contribution in [0.25, 0.3) is 0 Å². The second-order valence-electron chi connectivity index (χ2n) is 2.51. The Morgan fingerprint density at radius 3 is 2.57 bits per heavy atom. The number of carbonyl (C=O) groups is 1. The molecule has 3 nitrogen and oxygen atoms in total. The highest BCUT2D eigenvalue weighted by Crippen LogP contribution is 2.14. The van der Waals surface area contributed by atoms with Gasteiger partial charge in [0.2, 0.25) is 5.91 Å². The van der Waals surface area contributed by atoms with Crippen LogP contribution in [0, 0.1) is 0 Å². The third-order valence-corrected chi connectivity index (χ3v) is 1.84. The highest BCUT2D eigenvalue weighted by molar-refractivity contribution is 9.11.